The van der Waals surface area contributed by atoms with Gasteiger partial charge < -0.3 is 15.0 Å². The number of likely N-dealkylation sites (tertiary alicyclic amines) is 1. The van der Waals surface area contributed by atoms with Gasteiger partial charge in [0, 0.05) is 13.1 Å². The van der Waals surface area contributed by atoms with Crippen LogP contribution in [0.25, 0.3) is 0 Å². The molecule has 1 aliphatic heterocycles. The smallest absolute Gasteiger partial charge is 0.410 e. The van der Waals surface area contributed by atoms with Crippen molar-refractivity contribution in [1.29, 1.82) is 0 Å². The molecule has 0 bridgehead atoms. The van der Waals surface area contributed by atoms with Crippen LogP contribution < -0.4 is 5.32 Å². The fraction of sp³-hybridized carbons (Fsp3) is 0.800. The molecular weight excluding hydrogens is 276 g/mol. The molecule has 0 radical (unpaired) electrons. The Balaban J connectivity index is 2.25. The number of halogens is 1. The molecule has 1 heterocycles. The fourth-order valence-corrected chi connectivity index (χ4v) is 1.47. The van der Waals surface area contributed by atoms with Crippen LogP contribution in [-0.4, -0.2) is 47.0 Å². The molecule has 92 valence electrons. The Labute approximate surface area is 104 Å². The molecule has 5 nitrogen and oxygen atoms in total. The normalized spacial score (nSPS) is 16.6. The van der Waals surface area contributed by atoms with Crippen LogP contribution in [0.15, 0.2) is 0 Å². The van der Waals surface area contributed by atoms with E-state index in [0.29, 0.717) is 13.1 Å². The van der Waals surface area contributed by atoms with Crippen molar-refractivity contribution in [2.24, 2.45) is 0 Å². The number of carbonyl (C=O) groups excluding carboxylic acids is 2. The summed E-state index contributed by atoms with van der Waals surface area (Å²) in [5, 5.41) is 3.07. The van der Waals surface area contributed by atoms with Crippen molar-refractivity contribution >= 4 is 27.9 Å². The second-order valence-corrected chi connectivity index (χ2v) is 5.34. The quantitative estimate of drug-likeness (QED) is 0.776. The van der Waals surface area contributed by atoms with E-state index in [4.69, 9.17) is 4.74 Å². The van der Waals surface area contributed by atoms with Crippen LogP contribution in [0, 0.1) is 0 Å². The minimum atomic E-state index is -0.471. The Hall–Kier alpha value is -0.780. The van der Waals surface area contributed by atoms with E-state index >= 15 is 0 Å². The first-order chi connectivity index (χ1) is 7.31. The zero-order valence-corrected chi connectivity index (χ0v) is 11.3. The van der Waals surface area contributed by atoms with Crippen LogP contribution in [0.5, 0.6) is 0 Å². The molecule has 0 atom stereocenters. The van der Waals surface area contributed by atoms with Crippen molar-refractivity contribution in [3.63, 3.8) is 0 Å². The lowest BCUT2D eigenvalue weighted by atomic mass is 10.1. The van der Waals surface area contributed by atoms with Crippen LogP contribution in [0.1, 0.15) is 20.8 Å². The summed E-state index contributed by atoms with van der Waals surface area (Å²) in [6, 6.07) is 0.0533. The number of ether oxygens (including phenoxy) is 1. The van der Waals surface area contributed by atoms with E-state index in [2.05, 4.69) is 21.2 Å². The lowest BCUT2D eigenvalue weighted by Gasteiger charge is -2.39. The Kier molecular flexibility index (Phi) is 4.18. The molecule has 0 aromatic heterocycles. The highest BCUT2D eigenvalue weighted by molar-refractivity contribution is 9.09. The van der Waals surface area contributed by atoms with Gasteiger partial charge in [0.1, 0.15) is 5.60 Å². The highest BCUT2D eigenvalue weighted by atomic mass is 79.9. The van der Waals surface area contributed by atoms with E-state index in [1.807, 2.05) is 20.8 Å². The maximum atomic E-state index is 11.5. The standard InChI is InChI=1S/C10H17BrN2O3/c1-10(2,3)16-9(15)13-5-7(6-13)12-8(14)4-11/h7H,4-6H2,1-3H3,(H,12,14). The third-order valence-corrected chi connectivity index (χ3v) is 2.53. The molecule has 0 aromatic rings. The maximum Gasteiger partial charge on any atom is 0.410 e. The Bertz CT molecular complexity index is 282. The monoisotopic (exact) mass is 292 g/mol. The number of alkyl halides is 1. The molecule has 0 saturated carbocycles. The molecule has 1 aliphatic rings. The highest BCUT2D eigenvalue weighted by Gasteiger charge is 2.34. The van der Waals surface area contributed by atoms with Crippen LogP contribution >= 0.6 is 15.9 Å². The van der Waals surface area contributed by atoms with Crippen LogP contribution in [-0.2, 0) is 9.53 Å². The number of nitrogens with one attached hydrogen (secondary N) is 1. The average Bonchev–Trinajstić information content (AvgIpc) is 2.06. The first-order valence-corrected chi connectivity index (χ1v) is 6.27. The SMILES string of the molecule is CC(C)(C)OC(=O)N1CC(NC(=O)CBr)C1. The Morgan fingerprint density at radius 2 is 2.00 bits per heavy atom. The maximum absolute atomic E-state index is 11.5. The van der Waals surface area contributed by atoms with E-state index in [1.165, 1.54) is 0 Å². The number of hydrogen-bond donors (Lipinski definition) is 1. The molecule has 6 heteroatoms. The van der Waals surface area contributed by atoms with E-state index < -0.39 is 5.60 Å². The lowest BCUT2D eigenvalue weighted by Crippen LogP contribution is -2.61. The second kappa shape index (κ2) is 5.03. The Morgan fingerprint density at radius 3 is 2.44 bits per heavy atom. The summed E-state index contributed by atoms with van der Waals surface area (Å²) in [6.45, 7) is 6.53. The van der Waals surface area contributed by atoms with Gasteiger partial charge in [0.15, 0.2) is 0 Å². The molecule has 0 aliphatic carbocycles. The van der Waals surface area contributed by atoms with Gasteiger partial charge in [-0.3, -0.25) is 4.79 Å². The molecule has 1 fully saturated rings. The molecule has 2 amide bonds. The number of hydrogen-bond acceptors (Lipinski definition) is 3. The van der Waals surface area contributed by atoms with Gasteiger partial charge in [0.2, 0.25) is 5.91 Å². The summed E-state index contributed by atoms with van der Waals surface area (Å²) in [4.78, 5) is 24.1. The second-order valence-electron chi connectivity index (χ2n) is 4.78. The van der Waals surface area contributed by atoms with Crippen molar-refractivity contribution in [3.05, 3.63) is 0 Å². The van der Waals surface area contributed by atoms with Gasteiger partial charge in [0.05, 0.1) is 11.4 Å². The van der Waals surface area contributed by atoms with Crippen LogP contribution in [0.4, 0.5) is 4.79 Å². The molecule has 0 aromatic carbocycles. The summed E-state index contributed by atoms with van der Waals surface area (Å²) in [5.74, 6) is -0.0613. The number of rotatable bonds is 2. The third kappa shape index (κ3) is 4.00. The first-order valence-electron chi connectivity index (χ1n) is 5.15. The molecular formula is C10H17BrN2O3. The molecule has 0 spiro atoms. The third-order valence-electron chi connectivity index (χ3n) is 2.02. The van der Waals surface area contributed by atoms with E-state index in [9.17, 15) is 9.59 Å². The van der Waals surface area contributed by atoms with Gasteiger partial charge in [-0.1, -0.05) is 15.9 Å². The van der Waals surface area contributed by atoms with Crippen molar-refractivity contribution in [3.8, 4) is 0 Å². The molecule has 1 N–H and O–H groups in total. The number of amides is 2. The van der Waals surface area contributed by atoms with Crippen molar-refractivity contribution in [2.45, 2.75) is 32.4 Å². The predicted molar refractivity (Wildman–Crippen MR) is 63.5 cm³/mol. The molecule has 1 saturated heterocycles. The number of carbonyl (C=O) groups is 2. The van der Waals surface area contributed by atoms with Crippen LogP contribution in [0.2, 0.25) is 0 Å². The summed E-state index contributed by atoms with van der Waals surface area (Å²) in [6.07, 6.45) is -0.322. The van der Waals surface area contributed by atoms with Gasteiger partial charge in [-0.05, 0) is 20.8 Å². The van der Waals surface area contributed by atoms with E-state index in [1.54, 1.807) is 4.90 Å². The minimum absolute atomic E-state index is 0.0533. The van der Waals surface area contributed by atoms with E-state index in [0.717, 1.165) is 0 Å². The summed E-state index contributed by atoms with van der Waals surface area (Å²) in [7, 11) is 0. The molecule has 1 rings (SSSR count). The van der Waals surface area contributed by atoms with Crippen molar-refractivity contribution < 1.29 is 14.3 Å². The molecule has 16 heavy (non-hydrogen) atoms. The molecule has 0 unspecified atom stereocenters. The zero-order chi connectivity index (χ0) is 12.3. The topological polar surface area (TPSA) is 58.6 Å². The zero-order valence-electron chi connectivity index (χ0n) is 9.75. The number of nitrogens with zero attached hydrogens (tertiary/aromatic N) is 1. The van der Waals surface area contributed by atoms with Crippen molar-refractivity contribution in [2.75, 3.05) is 18.4 Å². The highest BCUT2D eigenvalue weighted by Crippen LogP contribution is 2.15. The predicted octanol–water partition coefficient (Wildman–Crippen LogP) is 1.12. The summed E-state index contributed by atoms with van der Waals surface area (Å²) < 4.78 is 5.19. The first kappa shape index (κ1) is 13.3. The summed E-state index contributed by atoms with van der Waals surface area (Å²) in [5.41, 5.74) is -0.471. The van der Waals surface area contributed by atoms with Crippen LogP contribution in [0.3, 0.4) is 0 Å². The Morgan fingerprint density at radius 1 is 1.44 bits per heavy atom. The fourth-order valence-electron chi connectivity index (χ4n) is 1.31. The lowest BCUT2D eigenvalue weighted by molar-refractivity contribution is -0.120. The minimum Gasteiger partial charge on any atom is -0.444 e. The average molecular weight is 293 g/mol. The van der Waals surface area contributed by atoms with Gasteiger partial charge in [-0.2, -0.15) is 0 Å². The largest absolute Gasteiger partial charge is 0.444 e. The van der Waals surface area contributed by atoms with E-state index in [-0.39, 0.29) is 23.4 Å². The van der Waals surface area contributed by atoms with Gasteiger partial charge in [0.25, 0.3) is 0 Å². The van der Waals surface area contributed by atoms with Crippen molar-refractivity contribution in [1.82, 2.24) is 10.2 Å². The summed E-state index contributed by atoms with van der Waals surface area (Å²) >= 11 is 3.06. The van der Waals surface area contributed by atoms with Gasteiger partial charge in [-0.15, -0.1) is 0 Å². The van der Waals surface area contributed by atoms with Gasteiger partial charge in [-0.25, -0.2) is 4.79 Å². The van der Waals surface area contributed by atoms with Gasteiger partial charge >= 0.3 is 6.09 Å².